The van der Waals surface area contributed by atoms with Crippen LogP contribution >= 0.6 is 15.9 Å². The van der Waals surface area contributed by atoms with E-state index >= 15 is 0 Å². The summed E-state index contributed by atoms with van der Waals surface area (Å²) >= 11 is 3.52. The van der Waals surface area contributed by atoms with Crippen LogP contribution in [0, 0.1) is 0 Å². The Bertz CT molecular complexity index is 885. The first-order valence-corrected chi connectivity index (χ1v) is 8.29. The van der Waals surface area contributed by atoms with Crippen LogP contribution in [0.2, 0.25) is 0 Å². The Kier molecular flexibility index (Phi) is 3.41. The Balaban J connectivity index is 1.52. The van der Waals surface area contributed by atoms with Crippen molar-refractivity contribution in [3.63, 3.8) is 0 Å². The Morgan fingerprint density at radius 1 is 1.35 bits per heavy atom. The highest BCUT2D eigenvalue weighted by Crippen LogP contribution is 2.48. The lowest BCUT2D eigenvalue weighted by molar-refractivity contribution is 0.0944. The third-order valence-corrected chi connectivity index (χ3v) is 4.92. The molecule has 1 aliphatic carbocycles. The summed E-state index contributed by atoms with van der Waals surface area (Å²) in [5, 5.41) is 3.06. The van der Waals surface area contributed by atoms with Gasteiger partial charge in [-0.15, -0.1) is 0 Å². The van der Waals surface area contributed by atoms with Crippen LogP contribution in [0.15, 0.2) is 53.5 Å². The molecule has 1 fully saturated rings. The fourth-order valence-corrected chi connectivity index (χ4v) is 3.29. The second-order valence-corrected chi connectivity index (χ2v) is 6.84. The molecule has 1 saturated carbocycles. The number of halogens is 1. The van der Waals surface area contributed by atoms with E-state index in [9.17, 15) is 4.79 Å². The molecule has 0 atom stereocenters. The minimum atomic E-state index is -0.107. The van der Waals surface area contributed by atoms with Gasteiger partial charge in [0.25, 0.3) is 5.91 Å². The molecule has 0 aliphatic heterocycles. The molecule has 6 heteroatoms. The molecule has 23 heavy (non-hydrogen) atoms. The van der Waals surface area contributed by atoms with Crippen molar-refractivity contribution in [3.05, 3.63) is 64.8 Å². The second kappa shape index (κ2) is 5.45. The molecule has 0 spiro atoms. The first-order valence-electron chi connectivity index (χ1n) is 7.49. The van der Waals surface area contributed by atoms with Crippen LogP contribution in [-0.2, 0) is 5.41 Å². The topological polar surface area (TPSA) is 59.3 Å². The maximum atomic E-state index is 12.5. The summed E-state index contributed by atoms with van der Waals surface area (Å²) in [4.78, 5) is 20.7. The standard InChI is InChI=1S/C17H15BrN4O/c18-13-3-1-2-12(8-13)17(4-5-17)11-21-16(23)14-9-20-15-10-19-6-7-22(14)15/h1-3,6-10H,4-5,11H2,(H,21,23). The fraction of sp³-hybridized carbons (Fsp3) is 0.235. The highest BCUT2D eigenvalue weighted by molar-refractivity contribution is 9.10. The Labute approximate surface area is 141 Å². The number of hydrogen-bond donors (Lipinski definition) is 1. The Morgan fingerprint density at radius 2 is 2.22 bits per heavy atom. The van der Waals surface area contributed by atoms with E-state index in [1.54, 1.807) is 29.2 Å². The van der Waals surface area contributed by atoms with Gasteiger partial charge in [0.15, 0.2) is 5.65 Å². The summed E-state index contributed by atoms with van der Waals surface area (Å²) in [6, 6.07) is 8.33. The first kappa shape index (κ1) is 14.4. The number of fused-ring (bicyclic) bond motifs is 1. The average Bonchev–Trinajstić information content (AvgIpc) is 3.24. The fourth-order valence-electron chi connectivity index (χ4n) is 2.89. The van der Waals surface area contributed by atoms with E-state index in [2.05, 4.69) is 43.3 Å². The summed E-state index contributed by atoms with van der Waals surface area (Å²) in [5.41, 5.74) is 2.55. The van der Waals surface area contributed by atoms with E-state index in [0.717, 1.165) is 17.3 Å². The molecule has 3 aromatic rings. The number of nitrogens with one attached hydrogen (secondary N) is 1. The van der Waals surface area contributed by atoms with Crippen molar-refractivity contribution in [1.29, 1.82) is 0 Å². The van der Waals surface area contributed by atoms with Crippen molar-refractivity contribution >= 4 is 27.5 Å². The average molecular weight is 371 g/mol. The molecule has 2 aromatic heterocycles. The first-order chi connectivity index (χ1) is 11.2. The smallest absolute Gasteiger partial charge is 0.269 e. The number of benzene rings is 1. The Morgan fingerprint density at radius 3 is 3.00 bits per heavy atom. The predicted molar refractivity (Wildman–Crippen MR) is 90.4 cm³/mol. The molecular formula is C17H15BrN4O. The van der Waals surface area contributed by atoms with Crippen LogP contribution in [0.1, 0.15) is 28.9 Å². The molecule has 2 heterocycles. The summed E-state index contributed by atoms with van der Waals surface area (Å²) < 4.78 is 2.82. The van der Waals surface area contributed by atoms with Crippen molar-refractivity contribution in [2.24, 2.45) is 0 Å². The summed E-state index contributed by atoms with van der Waals surface area (Å²) in [5.74, 6) is -0.107. The predicted octanol–water partition coefficient (Wildman–Crippen LogP) is 2.95. The number of nitrogens with zero attached hydrogens (tertiary/aromatic N) is 3. The molecule has 1 amide bonds. The Hall–Kier alpha value is -2.21. The number of hydrogen-bond acceptors (Lipinski definition) is 3. The van der Waals surface area contributed by atoms with Gasteiger partial charge < -0.3 is 5.32 Å². The van der Waals surface area contributed by atoms with E-state index in [-0.39, 0.29) is 11.3 Å². The van der Waals surface area contributed by atoms with Gasteiger partial charge in [-0.1, -0.05) is 28.1 Å². The maximum Gasteiger partial charge on any atom is 0.269 e. The second-order valence-electron chi connectivity index (χ2n) is 5.92. The van der Waals surface area contributed by atoms with Gasteiger partial charge in [0.2, 0.25) is 0 Å². The van der Waals surface area contributed by atoms with Crippen molar-refractivity contribution in [3.8, 4) is 0 Å². The zero-order valence-corrected chi connectivity index (χ0v) is 14.0. The molecule has 0 saturated heterocycles. The van der Waals surface area contributed by atoms with Gasteiger partial charge in [-0.25, -0.2) is 4.98 Å². The zero-order valence-electron chi connectivity index (χ0n) is 12.4. The van der Waals surface area contributed by atoms with E-state index in [1.807, 2.05) is 12.1 Å². The van der Waals surface area contributed by atoms with Crippen LogP contribution in [0.25, 0.3) is 5.65 Å². The van der Waals surface area contributed by atoms with E-state index in [4.69, 9.17) is 0 Å². The molecule has 0 radical (unpaired) electrons. The summed E-state index contributed by atoms with van der Waals surface area (Å²) in [6.07, 6.45) is 8.82. The van der Waals surface area contributed by atoms with Gasteiger partial charge in [-0.3, -0.25) is 14.2 Å². The van der Waals surface area contributed by atoms with Crippen molar-refractivity contribution in [2.75, 3.05) is 6.54 Å². The van der Waals surface area contributed by atoms with Gasteiger partial charge in [-0.2, -0.15) is 0 Å². The molecule has 116 valence electrons. The lowest BCUT2D eigenvalue weighted by Crippen LogP contribution is -2.32. The number of aromatic nitrogens is 3. The van der Waals surface area contributed by atoms with E-state index in [0.29, 0.717) is 17.9 Å². The van der Waals surface area contributed by atoms with E-state index < -0.39 is 0 Å². The molecule has 4 rings (SSSR count). The van der Waals surface area contributed by atoms with Gasteiger partial charge in [0.1, 0.15) is 5.69 Å². The number of carbonyl (C=O) groups is 1. The number of amides is 1. The summed E-state index contributed by atoms with van der Waals surface area (Å²) in [7, 11) is 0. The van der Waals surface area contributed by atoms with Crippen LogP contribution in [0.3, 0.4) is 0 Å². The van der Waals surface area contributed by atoms with Crippen LogP contribution in [-0.4, -0.2) is 26.8 Å². The van der Waals surface area contributed by atoms with Gasteiger partial charge in [0, 0.05) is 28.8 Å². The summed E-state index contributed by atoms with van der Waals surface area (Å²) in [6.45, 7) is 0.639. The van der Waals surface area contributed by atoms with Crippen molar-refractivity contribution < 1.29 is 4.79 Å². The zero-order chi connectivity index (χ0) is 15.9. The molecule has 0 unspecified atom stereocenters. The SMILES string of the molecule is O=C(NCC1(c2cccc(Br)c2)CC1)c1cnc2cnccn12. The monoisotopic (exact) mass is 370 g/mol. The maximum absolute atomic E-state index is 12.5. The third kappa shape index (κ3) is 2.63. The van der Waals surface area contributed by atoms with Gasteiger partial charge >= 0.3 is 0 Å². The van der Waals surface area contributed by atoms with Crippen LogP contribution in [0.4, 0.5) is 0 Å². The molecule has 1 aromatic carbocycles. The normalized spacial score (nSPS) is 15.5. The van der Waals surface area contributed by atoms with Crippen LogP contribution in [0.5, 0.6) is 0 Å². The molecule has 1 aliphatic rings. The molecule has 0 bridgehead atoms. The quantitative estimate of drug-likeness (QED) is 0.767. The van der Waals surface area contributed by atoms with E-state index in [1.165, 1.54) is 5.56 Å². The van der Waals surface area contributed by atoms with Crippen molar-refractivity contribution in [1.82, 2.24) is 19.7 Å². The highest BCUT2D eigenvalue weighted by Gasteiger charge is 2.44. The largest absolute Gasteiger partial charge is 0.350 e. The number of imidazole rings is 1. The minimum Gasteiger partial charge on any atom is -0.350 e. The third-order valence-electron chi connectivity index (χ3n) is 4.43. The van der Waals surface area contributed by atoms with Crippen molar-refractivity contribution in [2.45, 2.75) is 18.3 Å². The number of carbonyl (C=O) groups excluding carboxylic acids is 1. The lowest BCUT2D eigenvalue weighted by atomic mass is 9.96. The van der Waals surface area contributed by atoms with Gasteiger partial charge in [0.05, 0.1) is 12.4 Å². The molecule has 5 nitrogen and oxygen atoms in total. The minimum absolute atomic E-state index is 0.0709. The lowest BCUT2D eigenvalue weighted by Gasteiger charge is -2.17. The van der Waals surface area contributed by atoms with Crippen LogP contribution < -0.4 is 5.32 Å². The molecule has 1 N–H and O–H groups in total. The van der Waals surface area contributed by atoms with Gasteiger partial charge in [-0.05, 0) is 30.5 Å². The molecular weight excluding hydrogens is 356 g/mol. The number of rotatable bonds is 4. The highest BCUT2D eigenvalue weighted by atomic mass is 79.9.